The maximum absolute atomic E-state index is 10.8. The van der Waals surface area contributed by atoms with Gasteiger partial charge in [-0.2, -0.15) is 0 Å². The van der Waals surface area contributed by atoms with E-state index in [1.54, 1.807) is 0 Å². The second-order valence-corrected chi connectivity index (χ2v) is 3.79. The van der Waals surface area contributed by atoms with Crippen LogP contribution in [-0.4, -0.2) is 17.2 Å². The minimum Gasteiger partial charge on any atom is -0.287 e. The third kappa shape index (κ3) is 2.26. The molecule has 0 amide bonds. The van der Waals surface area contributed by atoms with Gasteiger partial charge in [-0.25, -0.2) is 0 Å². The van der Waals surface area contributed by atoms with Crippen LogP contribution in [0.4, 0.5) is 0 Å². The Labute approximate surface area is 53.0 Å². The van der Waals surface area contributed by atoms with Crippen molar-refractivity contribution in [3.63, 3.8) is 0 Å². The summed E-state index contributed by atoms with van der Waals surface area (Å²) in [4.78, 5) is 10.8. The van der Waals surface area contributed by atoms with E-state index in [1.165, 1.54) is 0 Å². The Kier molecular flexibility index (Phi) is 2.98. The molecule has 0 aliphatic heterocycles. The third-order valence-electron chi connectivity index (χ3n) is 0.815. The minimum absolute atomic E-state index is 0.154. The molecule has 0 spiro atoms. The van der Waals surface area contributed by atoms with Crippen LogP contribution in [0.2, 0.25) is 0 Å². The zero-order chi connectivity index (χ0) is 6.73. The first-order valence-electron chi connectivity index (χ1n) is 2.55. The average molecular weight is 132 g/mol. The molecule has 1 nitrogen and oxygen atoms in total. The Hall–Kier alpha value is -0.110. The normalized spacial score (nSPS) is 14.0. The van der Waals surface area contributed by atoms with Crippen LogP contribution in [0, 0.1) is 5.92 Å². The standard InChI is InChI=1S/C6H12OS/c1-5(2)6(7)8(3)4/h5H,3H2,1-2,4H3. The van der Waals surface area contributed by atoms with Gasteiger partial charge >= 0.3 is 0 Å². The maximum Gasteiger partial charge on any atom is 0.185 e. The second-order valence-electron chi connectivity index (χ2n) is 2.11. The molecule has 0 saturated carbocycles. The quantitative estimate of drug-likeness (QED) is 0.494. The Bertz CT molecular complexity index is 116. The molecule has 0 bridgehead atoms. The first-order chi connectivity index (χ1) is 3.55. The first-order valence-corrected chi connectivity index (χ1v) is 4.35. The molecule has 0 fully saturated rings. The fraction of sp³-hybridized carbons (Fsp3) is 0.667. The van der Waals surface area contributed by atoms with Crippen LogP contribution in [0.1, 0.15) is 13.8 Å². The highest BCUT2D eigenvalue weighted by Crippen LogP contribution is 2.11. The Morgan fingerprint density at radius 2 is 2.00 bits per heavy atom. The van der Waals surface area contributed by atoms with E-state index in [1.807, 2.05) is 20.1 Å². The Morgan fingerprint density at radius 1 is 1.62 bits per heavy atom. The highest BCUT2D eigenvalue weighted by atomic mass is 32.2. The van der Waals surface area contributed by atoms with Crippen LogP contribution in [0.5, 0.6) is 0 Å². The summed E-state index contributed by atoms with van der Waals surface area (Å²) in [7, 11) is -0.279. The van der Waals surface area contributed by atoms with Gasteiger partial charge in [-0.1, -0.05) is 19.7 Å². The first kappa shape index (κ1) is 7.89. The largest absolute Gasteiger partial charge is 0.287 e. The summed E-state index contributed by atoms with van der Waals surface area (Å²) in [5, 5.41) is 0.269. The molecule has 1 unspecified atom stereocenters. The van der Waals surface area contributed by atoms with E-state index in [9.17, 15) is 4.79 Å². The predicted molar refractivity (Wildman–Crippen MR) is 40.5 cm³/mol. The molecule has 0 aromatic carbocycles. The topological polar surface area (TPSA) is 17.1 Å². The van der Waals surface area contributed by atoms with Gasteiger partial charge in [0.15, 0.2) is 5.12 Å². The van der Waals surface area contributed by atoms with Crippen LogP contribution in [0.15, 0.2) is 0 Å². The van der Waals surface area contributed by atoms with Crippen molar-refractivity contribution < 1.29 is 4.79 Å². The van der Waals surface area contributed by atoms with Gasteiger partial charge in [0.2, 0.25) is 0 Å². The fourth-order valence-corrected chi connectivity index (χ4v) is 1.21. The van der Waals surface area contributed by atoms with Crippen molar-refractivity contribution in [3.8, 4) is 0 Å². The molecule has 2 heteroatoms. The van der Waals surface area contributed by atoms with Crippen LogP contribution in [0.25, 0.3) is 0 Å². The van der Waals surface area contributed by atoms with Crippen molar-refractivity contribution in [2.24, 2.45) is 5.92 Å². The monoisotopic (exact) mass is 132 g/mol. The second kappa shape index (κ2) is 3.02. The maximum atomic E-state index is 10.8. The molecular formula is C6H12OS. The van der Waals surface area contributed by atoms with E-state index in [0.717, 1.165) is 0 Å². The highest BCUT2D eigenvalue weighted by Gasteiger charge is 2.04. The molecule has 0 saturated heterocycles. The summed E-state index contributed by atoms with van der Waals surface area (Å²) < 4.78 is 0. The Morgan fingerprint density at radius 3 is 2.00 bits per heavy atom. The third-order valence-corrected chi connectivity index (χ3v) is 1.97. The van der Waals surface area contributed by atoms with Gasteiger partial charge in [0.1, 0.15) is 0 Å². The number of rotatable bonds is 1. The van der Waals surface area contributed by atoms with Crippen molar-refractivity contribution in [1.29, 1.82) is 0 Å². The van der Waals surface area contributed by atoms with E-state index in [0.29, 0.717) is 0 Å². The molecule has 1 atom stereocenters. The van der Waals surface area contributed by atoms with Crippen LogP contribution in [-0.2, 0) is 4.79 Å². The lowest BCUT2D eigenvalue weighted by Gasteiger charge is -2.00. The summed E-state index contributed by atoms with van der Waals surface area (Å²) in [6.45, 7) is 3.80. The molecule has 0 aromatic rings. The predicted octanol–water partition coefficient (Wildman–Crippen LogP) is 1.50. The van der Waals surface area contributed by atoms with Crippen molar-refractivity contribution in [3.05, 3.63) is 0 Å². The zero-order valence-corrected chi connectivity index (χ0v) is 6.42. The fourth-order valence-electron chi connectivity index (χ4n) is 0.402. The van der Waals surface area contributed by atoms with Gasteiger partial charge in [-0.05, 0) is 6.26 Å². The molecule has 0 aromatic heterocycles. The van der Waals surface area contributed by atoms with E-state index in [4.69, 9.17) is 0 Å². The molecule has 0 rings (SSSR count). The van der Waals surface area contributed by atoms with Gasteiger partial charge in [-0.3, -0.25) is 4.79 Å². The molecular weight excluding hydrogens is 120 g/mol. The summed E-state index contributed by atoms with van der Waals surface area (Å²) in [5.74, 6) is 3.79. The SMILES string of the molecule is C=S(C)C(=O)C(C)C. The van der Waals surface area contributed by atoms with E-state index >= 15 is 0 Å². The van der Waals surface area contributed by atoms with Crippen LogP contribution < -0.4 is 0 Å². The van der Waals surface area contributed by atoms with Crippen LogP contribution in [0.3, 0.4) is 0 Å². The zero-order valence-electron chi connectivity index (χ0n) is 5.60. The average Bonchev–Trinajstić information content (AvgIpc) is 1.64. The lowest BCUT2D eigenvalue weighted by atomic mass is 10.3. The number of carbonyl (C=O) groups is 1. The Balaban J connectivity index is 3.84. The smallest absolute Gasteiger partial charge is 0.185 e. The molecule has 0 aliphatic carbocycles. The molecule has 0 N–H and O–H groups in total. The lowest BCUT2D eigenvalue weighted by Crippen LogP contribution is -2.01. The number of hydrogen-bond donors (Lipinski definition) is 0. The number of hydrogen-bond acceptors (Lipinski definition) is 1. The van der Waals surface area contributed by atoms with Gasteiger partial charge < -0.3 is 0 Å². The summed E-state index contributed by atoms with van der Waals surface area (Å²) in [5.41, 5.74) is 0. The van der Waals surface area contributed by atoms with Crippen molar-refractivity contribution in [2.45, 2.75) is 13.8 Å². The summed E-state index contributed by atoms with van der Waals surface area (Å²) in [6, 6.07) is 0. The van der Waals surface area contributed by atoms with Crippen molar-refractivity contribution in [1.82, 2.24) is 0 Å². The molecule has 0 radical (unpaired) electrons. The van der Waals surface area contributed by atoms with Gasteiger partial charge in [0.25, 0.3) is 0 Å². The van der Waals surface area contributed by atoms with E-state index in [-0.39, 0.29) is 21.5 Å². The van der Waals surface area contributed by atoms with Gasteiger partial charge in [-0.15, -0.1) is 10.5 Å². The van der Waals surface area contributed by atoms with E-state index < -0.39 is 0 Å². The molecule has 0 heterocycles. The highest BCUT2D eigenvalue weighted by molar-refractivity contribution is 8.26. The van der Waals surface area contributed by atoms with Gasteiger partial charge in [0.05, 0.1) is 0 Å². The van der Waals surface area contributed by atoms with E-state index in [2.05, 4.69) is 5.87 Å². The lowest BCUT2D eigenvalue weighted by molar-refractivity contribution is -0.113. The van der Waals surface area contributed by atoms with Crippen molar-refractivity contribution in [2.75, 3.05) is 6.26 Å². The number of carbonyl (C=O) groups excluding carboxylic acids is 1. The van der Waals surface area contributed by atoms with Crippen molar-refractivity contribution >= 4 is 21.5 Å². The molecule has 8 heavy (non-hydrogen) atoms. The molecule has 0 aliphatic rings. The molecule has 48 valence electrons. The van der Waals surface area contributed by atoms with Gasteiger partial charge in [0, 0.05) is 5.92 Å². The minimum atomic E-state index is -0.279. The summed E-state index contributed by atoms with van der Waals surface area (Å²) >= 11 is 0. The summed E-state index contributed by atoms with van der Waals surface area (Å²) in [6.07, 6.45) is 1.85. The van der Waals surface area contributed by atoms with Crippen LogP contribution >= 0.6 is 10.5 Å².